The summed E-state index contributed by atoms with van der Waals surface area (Å²) >= 11 is 0. The Kier molecular flexibility index (Phi) is 4.07. The van der Waals surface area contributed by atoms with Gasteiger partial charge in [-0.2, -0.15) is 0 Å². The van der Waals surface area contributed by atoms with Crippen molar-refractivity contribution in [3.05, 3.63) is 42.1 Å². The number of hydrogen-bond donors (Lipinski definition) is 1. The molecule has 104 valence electrons. The summed E-state index contributed by atoms with van der Waals surface area (Å²) in [7, 11) is 0. The number of fused-ring (bicyclic) bond motifs is 1. The second kappa shape index (κ2) is 6.14. The van der Waals surface area contributed by atoms with Gasteiger partial charge in [0.05, 0.1) is 5.52 Å². The molecule has 1 aromatic carbocycles. The molecule has 1 aliphatic heterocycles. The van der Waals surface area contributed by atoms with E-state index in [1.165, 1.54) is 12.8 Å². The first-order chi connectivity index (χ1) is 9.84. The maximum atomic E-state index is 12.4. The van der Waals surface area contributed by atoms with E-state index in [0.29, 0.717) is 12.3 Å². The summed E-state index contributed by atoms with van der Waals surface area (Å²) in [6.45, 7) is 2.18. The molecule has 0 bridgehead atoms. The minimum atomic E-state index is 0.222. The minimum absolute atomic E-state index is 0.222. The number of nitrogens with zero attached hydrogens (tertiary/aromatic N) is 1. The Morgan fingerprint density at radius 2 is 2.20 bits per heavy atom. The SMILES string of the molecule is O=C(CCC1CCCNC1)c1cccc2cccnc12. The molecule has 1 aliphatic rings. The number of piperidine rings is 1. The maximum Gasteiger partial charge on any atom is 0.165 e. The topological polar surface area (TPSA) is 42.0 Å². The summed E-state index contributed by atoms with van der Waals surface area (Å²) < 4.78 is 0. The van der Waals surface area contributed by atoms with Crippen molar-refractivity contribution in [1.29, 1.82) is 0 Å². The molecular formula is C17H20N2O. The van der Waals surface area contributed by atoms with Crippen molar-refractivity contribution in [2.75, 3.05) is 13.1 Å². The van der Waals surface area contributed by atoms with Crippen molar-refractivity contribution >= 4 is 16.7 Å². The van der Waals surface area contributed by atoms with Crippen LogP contribution < -0.4 is 5.32 Å². The molecule has 1 fully saturated rings. The molecule has 1 saturated heterocycles. The van der Waals surface area contributed by atoms with Gasteiger partial charge in [0.1, 0.15) is 0 Å². The van der Waals surface area contributed by atoms with Crippen molar-refractivity contribution in [3.8, 4) is 0 Å². The van der Waals surface area contributed by atoms with Gasteiger partial charge in [0.2, 0.25) is 0 Å². The van der Waals surface area contributed by atoms with E-state index < -0.39 is 0 Å². The lowest BCUT2D eigenvalue weighted by Crippen LogP contribution is -2.30. The van der Waals surface area contributed by atoms with Crippen LogP contribution in [-0.4, -0.2) is 23.9 Å². The average Bonchev–Trinajstić information content (AvgIpc) is 2.53. The van der Waals surface area contributed by atoms with Crippen LogP contribution in [0, 0.1) is 5.92 Å². The molecule has 1 aromatic heterocycles. The second-order valence-corrected chi connectivity index (χ2v) is 5.55. The first kappa shape index (κ1) is 13.3. The van der Waals surface area contributed by atoms with E-state index in [4.69, 9.17) is 0 Å². The zero-order chi connectivity index (χ0) is 13.8. The van der Waals surface area contributed by atoms with Crippen LogP contribution in [0.25, 0.3) is 10.9 Å². The number of nitrogens with one attached hydrogen (secondary N) is 1. The first-order valence-electron chi connectivity index (χ1n) is 7.42. The molecule has 0 amide bonds. The van der Waals surface area contributed by atoms with Gasteiger partial charge in [-0.3, -0.25) is 9.78 Å². The fourth-order valence-corrected chi connectivity index (χ4v) is 2.97. The molecule has 0 radical (unpaired) electrons. The highest BCUT2D eigenvalue weighted by atomic mass is 16.1. The summed E-state index contributed by atoms with van der Waals surface area (Å²) in [5.74, 6) is 0.871. The molecule has 3 nitrogen and oxygen atoms in total. The Balaban J connectivity index is 1.72. The fraction of sp³-hybridized carbons (Fsp3) is 0.412. The van der Waals surface area contributed by atoms with Crippen LogP contribution in [0.15, 0.2) is 36.5 Å². The lowest BCUT2D eigenvalue weighted by molar-refractivity contribution is 0.0973. The number of hydrogen-bond acceptors (Lipinski definition) is 3. The van der Waals surface area contributed by atoms with E-state index in [-0.39, 0.29) is 5.78 Å². The van der Waals surface area contributed by atoms with Crippen LogP contribution in [0.5, 0.6) is 0 Å². The van der Waals surface area contributed by atoms with Gasteiger partial charge in [-0.05, 0) is 50.4 Å². The van der Waals surface area contributed by atoms with Crippen LogP contribution in [0.4, 0.5) is 0 Å². The van der Waals surface area contributed by atoms with Gasteiger partial charge in [-0.1, -0.05) is 18.2 Å². The Bertz CT molecular complexity index is 597. The van der Waals surface area contributed by atoms with Crippen molar-refractivity contribution in [2.45, 2.75) is 25.7 Å². The van der Waals surface area contributed by atoms with Gasteiger partial charge in [0, 0.05) is 23.6 Å². The van der Waals surface area contributed by atoms with Gasteiger partial charge >= 0.3 is 0 Å². The Morgan fingerprint density at radius 1 is 1.30 bits per heavy atom. The van der Waals surface area contributed by atoms with Crippen molar-refractivity contribution in [1.82, 2.24) is 10.3 Å². The molecule has 0 aliphatic carbocycles. The third-order valence-corrected chi connectivity index (χ3v) is 4.11. The highest BCUT2D eigenvalue weighted by Gasteiger charge is 2.16. The fourth-order valence-electron chi connectivity index (χ4n) is 2.97. The zero-order valence-electron chi connectivity index (χ0n) is 11.6. The molecule has 3 heteroatoms. The van der Waals surface area contributed by atoms with Crippen LogP contribution in [0.1, 0.15) is 36.0 Å². The summed E-state index contributed by atoms with van der Waals surface area (Å²) in [6.07, 6.45) is 5.84. The number of carbonyl (C=O) groups excluding carboxylic acids is 1. The average molecular weight is 268 g/mol. The molecule has 3 rings (SSSR count). The van der Waals surface area contributed by atoms with Crippen molar-refractivity contribution in [3.63, 3.8) is 0 Å². The summed E-state index contributed by atoms with van der Waals surface area (Å²) in [4.78, 5) is 16.8. The van der Waals surface area contributed by atoms with Crippen molar-refractivity contribution < 1.29 is 4.79 Å². The molecular weight excluding hydrogens is 248 g/mol. The highest BCUT2D eigenvalue weighted by Crippen LogP contribution is 2.21. The Labute approximate surface area is 119 Å². The van der Waals surface area contributed by atoms with E-state index >= 15 is 0 Å². The number of ketones is 1. The van der Waals surface area contributed by atoms with Crippen LogP contribution in [0.3, 0.4) is 0 Å². The van der Waals surface area contributed by atoms with E-state index in [1.54, 1.807) is 6.20 Å². The molecule has 20 heavy (non-hydrogen) atoms. The number of aromatic nitrogens is 1. The van der Waals surface area contributed by atoms with Gasteiger partial charge in [-0.15, -0.1) is 0 Å². The maximum absolute atomic E-state index is 12.4. The Hall–Kier alpha value is -1.74. The lowest BCUT2D eigenvalue weighted by Gasteiger charge is -2.22. The number of carbonyl (C=O) groups is 1. The van der Waals surface area contributed by atoms with Crippen LogP contribution >= 0.6 is 0 Å². The van der Waals surface area contributed by atoms with E-state index in [9.17, 15) is 4.79 Å². The first-order valence-corrected chi connectivity index (χ1v) is 7.42. The Morgan fingerprint density at radius 3 is 3.05 bits per heavy atom. The van der Waals surface area contributed by atoms with E-state index in [1.807, 2.05) is 30.3 Å². The second-order valence-electron chi connectivity index (χ2n) is 5.55. The number of benzene rings is 1. The molecule has 2 heterocycles. The standard InChI is InChI=1S/C17H20N2O/c20-16(9-8-13-4-2-10-18-12-13)15-7-1-5-14-6-3-11-19-17(14)15/h1,3,5-7,11,13,18H,2,4,8-10,12H2. The molecule has 2 aromatic rings. The normalized spacial score (nSPS) is 19.1. The zero-order valence-corrected chi connectivity index (χ0v) is 11.6. The predicted molar refractivity (Wildman–Crippen MR) is 80.9 cm³/mol. The van der Waals surface area contributed by atoms with E-state index in [2.05, 4.69) is 10.3 Å². The third kappa shape index (κ3) is 2.88. The summed E-state index contributed by atoms with van der Waals surface area (Å²) in [6, 6.07) is 9.76. The molecule has 0 saturated carbocycles. The summed E-state index contributed by atoms with van der Waals surface area (Å²) in [5, 5.41) is 4.44. The highest BCUT2D eigenvalue weighted by molar-refractivity contribution is 6.06. The number of Topliss-reactive ketones (excluding diaryl/α,β-unsaturated/α-hetero) is 1. The lowest BCUT2D eigenvalue weighted by atomic mass is 9.92. The quantitative estimate of drug-likeness (QED) is 0.866. The number of rotatable bonds is 4. The predicted octanol–water partition coefficient (Wildman–Crippen LogP) is 3.20. The monoisotopic (exact) mass is 268 g/mol. The van der Waals surface area contributed by atoms with E-state index in [0.717, 1.165) is 36.0 Å². The van der Waals surface area contributed by atoms with Gasteiger partial charge in [0.15, 0.2) is 5.78 Å². The minimum Gasteiger partial charge on any atom is -0.316 e. The number of pyridine rings is 1. The molecule has 0 spiro atoms. The third-order valence-electron chi connectivity index (χ3n) is 4.11. The molecule has 1 atom stereocenters. The largest absolute Gasteiger partial charge is 0.316 e. The van der Waals surface area contributed by atoms with Gasteiger partial charge in [0.25, 0.3) is 0 Å². The van der Waals surface area contributed by atoms with Crippen LogP contribution in [0.2, 0.25) is 0 Å². The van der Waals surface area contributed by atoms with Crippen molar-refractivity contribution in [2.24, 2.45) is 5.92 Å². The van der Waals surface area contributed by atoms with Gasteiger partial charge in [-0.25, -0.2) is 0 Å². The van der Waals surface area contributed by atoms with Gasteiger partial charge < -0.3 is 5.32 Å². The molecule has 1 N–H and O–H groups in total. The van der Waals surface area contributed by atoms with Crippen LogP contribution in [-0.2, 0) is 0 Å². The summed E-state index contributed by atoms with van der Waals surface area (Å²) in [5.41, 5.74) is 1.61. The smallest absolute Gasteiger partial charge is 0.165 e. The molecule has 1 unspecified atom stereocenters. The number of para-hydroxylation sites is 1.